The van der Waals surface area contributed by atoms with Crippen molar-refractivity contribution in [3.8, 4) is 11.5 Å². The lowest BCUT2D eigenvalue weighted by Crippen LogP contribution is -2.32. The Labute approximate surface area is 171 Å². The Bertz CT molecular complexity index is 1170. The molecule has 29 heavy (non-hydrogen) atoms. The summed E-state index contributed by atoms with van der Waals surface area (Å²) in [5, 5.41) is 2.22. The molecular formula is C26H24O3. The van der Waals surface area contributed by atoms with E-state index in [-0.39, 0.29) is 17.1 Å². The van der Waals surface area contributed by atoms with Crippen molar-refractivity contribution in [1.82, 2.24) is 0 Å². The molecule has 1 aliphatic carbocycles. The van der Waals surface area contributed by atoms with Crippen LogP contribution in [-0.2, 0) is 4.79 Å². The van der Waals surface area contributed by atoms with Crippen molar-refractivity contribution >= 4 is 16.6 Å². The van der Waals surface area contributed by atoms with Crippen LogP contribution in [0.5, 0.6) is 11.5 Å². The highest BCUT2D eigenvalue weighted by Crippen LogP contribution is 2.51. The molecule has 0 aromatic heterocycles. The molecule has 1 heterocycles. The van der Waals surface area contributed by atoms with Crippen LogP contribution in [-0.4, -0.2) is 12.9 Å². The van der Waals surface area contributed by atoms with Gasteiger partial charge in [-0.2, -0.15) is 0 Å². The highest BCUT2D eigenvalue weighted by molar-refractivity contribution is 6.01. The zero-order valence-electron chi connectivity index (χ0n) is 17.0. The van der Waals surface area contributed by atoms with E-state index >= 15 is 0 Å². The fraction of sp³-hybridized carbons (Fsp3) is 0.269. The monoisotopic (exact) mass is 384 g/mol. The van der Waals surface area contributed by atoms with Gasteiger partial charge in [0.2, 0.25) is 0 Å². The molecule has 0 spiro atoms. The van der Waals surface area contributed by atoms with Crippen molar-refractivity contribution in [2.75, 3.05) is 7.11 Å². The fourth-order valence-corrected chi connectivity index (χ4v) is 4.74. The molecule has 146 valence electrons. The maximum Gasteiger partial charge on any atom is 0.163 e. The Morgan fingerprint density at radius 1 is 1.00 bits per heavy atom. The minimum atomic E-state index is -0.142. The third kappa shape index (κ3) is 2.93. The molecule has 5 rings (SSSR count). The summed E-state index contributed by atoms with van der Waals surface area (Å²) < 4.78 is 12.0. The second-order valence-electron chi connectivity index (χ2n) is 8.79. The third-order valence-corrected chi connectivity index (χ3v) is 6.04. The van der Waals surface area contributed by atoms with Crippen LogP contribution in [0, 0.1) is 5.41 Å². The Balaban J connectivity index is 1.79. The zero-order valence-corrected chi connectivity index (χ0v) is 17.0. The van der Waals surface area contributed by atoms with E-state index in [2.05, 4.69) is 44.2 Å². The maximum absolute atomic E-state index is 13.3. The van der Waals surface area contributed by atoms with Gasteiger partial charge in [0.25, 0.3) is 0 Å². The number of rotatable bonds is 2. The molecule has 0 saturated carbocycles. The van der Waals surface area contributed by atoms with Crippen molar-refractivity contribution in [3.63, 3.8) is 0 Å². The van der Waals surface area contributed by atoms with E-state index in [0.717, 1.165) is 51.2 Å². The van der Waals surface area contributed by atoms with Crippen molar-refractivity contribution in [3.05, 3.63) is 83.1 Å². The molecule has 0 fully saturated rings. The molecule has 2 aliphatic rings. The van der Waals surface area contributed by atoms with Gasteiger partial charge in [0.1, 0.15) is 17.3 Å². The molecule has 0 N–H and O–H groups in total. The van der Waals surface area contributed by atoms with E-state index in [1.54, 1.807) is 7.11 Å². The SMILES string of the molecule is COc1cccc(C2C3=C(CC(C)(C)CC3=O)Oc3c2ccc2ccccc32)c1. The average molecular weight is 384 g/mol. The number of Topliss-reactive ketones (excluding diaryl/α,β-unsaturated/α-hetero) is 1. The Morgan fingerprint density at radius 2 is 1.83 bits per heavy atom. The molecular weight excluding hydrogens is 360 g/mol. The van der Waals surface area contributed by atoms with Gasteiger partial charge in [-0.25, -0.2) is 0 Å². The third-order valence-electron chi connectivity index (χ3n) is 6.04. The molecule has 3 aromatic rings. The van der Waals surface area contributed by atoms with E-state index in [4.69, 9.17) is 9.47 Å². The van der Waals surface area contributed by atoms with Crippen molar-refractivity contribution in [1.29, 1.82) is 0 Å². The number of benzene rings is 3. The topological polar surface area (TPSA) is 35.5 Å². The van der Waals surface area contributed by atoms with Gasteiger partial charge in [0, 0.05) is 35.3 Å². The number of carbonyl (C=O) groups is 1. The standard InChI is InChI=1S/C26H24O3/c1-26(2)14-21(27)24-22(15-26)29-25-19-10-5-4-7-16(19)11-12-20(25)23(24)17-8-6-9-18(13-17)28-3/h4-13,23H,14-15H2,1-3H3. The van der Waals surface area contributed by atoms with Crippen LogP contribution in [0.25, 0.3) is 10.8 Å². The van der Waals surface area contributed by atoms with Crippen LogP contribution >= 0.6 is 0 Å². The molecule has 0 saturated heterocycles. The number of ether oxygens (including phenoxy) is 2. The van der Waals surface area contributed by atoms with Crippen LogP contribution in [0.3, 0.4) is 0 Å². The second-order valence-corrected chi connectivity index (χ2v) is 8.79. The molecule has 1 aliphatic heterocycles. The Hall–Kier alpha value is -3.07. The summed E-state index contributed by atoms with van der Waals surface area (Å²) in [5.74, 6) is 2.53. The molecule has 0 amide bonds. The van der Waals surface area contributed by atoms with Crippen LogP contribution < -0.4 is 9.47 Å². The summed E-state index contributed by atoms with van der Waals surface area (Å²) in [6, 6.07) is 20.5. The molecule has 3 nitrogen and oxygen atoms in total. The second kappa shape index (κ2) is 6.48. The number of hydrogen-bond acceptors (Lipinski definition) is 3. The lowest BCUT2D eigenvalue weighted by Gasteiger charge is -2.38. The number of carbonyl (C=O) groups excluding carboxylic acids is 1. The van der Waals surface area contributed by atoms with Gasteiger partial charge in [-0.1, -0.05) is 62.4 Å². The van der Waals surface area contributed by atoms with Gasteiger partial charge in [0.05, 0.1) is 7.11 Å². The first-order valence-corrected chi connectivity index (χ1v) is 10.1. The smallest absolute Gasteiger partial charge is 0.163 e. The Morgan fingerprint density at radius 3 is 2.66 bits per heavy atom. The summed E-state index contributed by atoms with van der Waals surface area (Å²) in [6.45, 7) is 4.27. The minimum Gasteiger partial charge on any atom is -0.497 e. The van der Waals surface area contributed by atoms with Gasteiger partial charge < -0.3 is 9.47 Å². The summed E-state index contributed by atoms with van der Waals surface area (Å²) in [6.07, 6.45) is 1.30. The first-order chi connectivity index (χ1) is 14.0. The van der Waals surface area contributed by atoms with Crippen molar-refractivity contribution < 1.29 is 14.3 Å². The molecule has 1 atom stereocenters. The fourth-order valence-electron chi connectivity index (χ4n) is 4.74. The highest BCUT2D eigenvalue weighted by atomic mass is 16.5. The molecule has 1 unspecified atom stereocenters. The lowest BCUT2D eigenvalue weighted by molar-refractivity contribution is -0.118. The predicted octanol–water partition coefficient (Wildman–Crippen LogP) is 6.02. The maximum atomic E-state index is 13.3. The van der Waals surface area contributed by atoms with Gasteiger partial charge in [-0.05, 0) is 28.5 Å². The lowest BCUT2D eigenvalue weighted by atomic mass is 9.70. The molecule has 0 bridgehead atoms. The number of hydrogen-bond donors (Lipinski definition) is 0. The summed E-state index contributed by atoms with van der Waals surface area (Å²) in [5.41, 5.74) is 2.81. The zero-order chi connectivity index (χ0) is 20.2. The van der Waals surface area contributed by atoms with Gasteiger partial charge in [0.15, 0.2) is 5.78 Å². The summed E-state index contributed by atoms with van der Waals surface area (Å²) in [4.78, 5) is 13.3. The van der Waals surface area contributed by atoms with Crippen LogP contribution in [0.1, 0.15) is 43.7 Å². The average Bonchev–Trinajstić information content (AvgIpc) is 2.71. The van der Waals surface area contributed by atoms with Crippen molar-refractivity contribution in [2.24, 2.45) is 5.41 Å². The minimum absolute atomic E-state index is 0.100. The highest BCUT2D eigenvalue weighted by Gasteiger charge is 2.42. The molecule has 0 radical (unpaired) electrons. The van der Waals surface area contributed by atoms with Gasteiger partial charge in [-0.15, -0.1) is 0 Å². The largest absolute Gasteiger partial charge is 0.497 e. The first kappa shape index (κ1) is 18.0. The van der Waals surface area contributed by atoms with E-state index in [1.165, 1.54) is 0 Å². The summed E-state index contributed by atoms with van der Waals surface area (Å²) in [7, 11) is 1.67. The van der Waals surface area contributed by atoms with Crippen molar-refractivity contribution in [2.45, 2.75) is 32.6 Å². The van der Waals surface area contributed by atoms with E-state index < -0.39 is 0 Å². The van der Waals surface area contributed by atoms with Crippen LogP contribution in [0.2, 0.25) is 0 Å². The van der Waals surface area contributed by atoms with Crippen LogP contribution in [0.4, 0.5) is 0 Å². The number of methoxy groups -OCH3 is 1. The number of fused-ring (bicyclic) bond motifs is 3. The normalized spacial score (nSPS) is 20.1. The van der Waals surface area contributed by atoms with E-state index in [0.29, 0.717) is 6.42 Å². The first-order valence-electron chi connectivity index (χ1n) is 10.1. The van der Waals surface area contributed by atoms with E-state index in [9.17, 15) is 4.79 Å². The molecule has 3 aromatic carbocycles. The predicted molar refractivity (Wildman–Crippen MR) is 114 cm³/mol. The van der Waals surface area contributed by atoms with Crippen LogP contribution in [0.15, 0.2) is 72.0 Å². The summed E-state index contributed by atoms with van der Waals surface area (Å²) >= 11 is 0. The quantitative estimate of drug-likeness (QED) is 0.542. The Kier molecular flexibility index (Phi) is 4.02. The number of ketones is 1. The van der Waals surface area contributed by atoms with Gasteiger partial charge in [-0.3, -0.25) is 4.79 Å². The van der Waals surface area contributed by atoms with Gasteiger partial charge >= 0.3 is 0 Å². The van der Waals surface area contributed by atoms with E-state index in [1.807, 2.05) is 30.3 Å². The molecule has 3 heteroatoms. The number of allylic oxidation sites excluding steroid dienone is 2.